The number of carbonyl (C=O) groups is 1. The number of aliphatic hydroxyl groups is 1. The number of aryl methyl sites for hydroxylation is 1. The van der Waals surface area contributed by atoms with Crippen LogP contribution in [-0.2, 0) is 11.2 Å². The second-order valence-corrected chi connectivity index (χ2v) is 6.28. The van der Waals surface area contributed by atoms with E-state index in [9.17, 15) is 9.90 Å². The van der Waals surface area contributed by atoms with Crippen molar-refractivity contribution in [1.29, 1.82) is 0 Å². The van der Waals surface area contributed by atoms with Crippen LogP contribution in [-0.4, -0.2) is 29.0 Å². The maximum Gasteiger partial charge on any atom is 0.222 e. The lowest BCUT2D eigenvalue weighted by atomic mass is 10.0. The Morgan fingerprint density at radius 1 is 1.29 bits per heavy atom. The molecule has 0 aromatic heterocycles. The Morgan fingerprint density at radius 2 is 2.00 bits per heavy atom. The summed E-state index contributed by atoms with van der Waals surface area (Å²) >= 11 is 0. The summed E-state index contributed by atoms with van der Waals surface area (Å²) in [5.41, 5.74) is 2.20. The van der Waals surface area contributed by atoms with E-state index in [4.69, 9.17) is 0 Å². The first-order chi connectivity index (χ1) is 10.1. The molecule has 1 amide bonds. The highest BCUT2D eigenvalue weighted by atomic mass is 16.3. The second kappa shape index (κ2) is 7.60. The molecule has 1 aliphatic heterocycles. The number of nitrogens with zero attached hydrogens (tertiary/aromatic N) is 1. The van der Waals surface area contributed by atoms with Gasteiger partial charge in [-0.3, -0.25) is 4.79 Å². The molecule has 1 heterocycles. The molecule has 3 nitrogen and oxygen atoms in total. The van der Waals surface area contributed by atoms with Crippen LogP contribution in [0.1, 0.15) is 56.8 Å². The van der Waals surface area contributed by atoms with Gasteiger partial charge in [-0.15, -0.1) is 0 Å². The molecule has 0 bridgehead atoms. The lowest BCUT2D eigenvalue weighted by molar-refractivity contribution is -0.132. The van der Waals surface area contributed by atoms with Gasteiger partial charge in [0.2, 0.25) is 5.91 Å². The Balaban J connectivity index is 1.96. The van der Waals surface area contributed by atoms with E-state index in [0.29, 0.717) is 18.9 Å². The minimum atomic E-state index is -0.585. The number of likely N-dealkylation sites (tertiary alicyclic amines) is 1. The average molecular weight is 289 g/mol. The number of rotatable bonds is 5. The standard InChI is InChI=1S/C18H27NO2/c1-3-4-15-6-8-16(9-7-15)17(20)13-19-12-11-14(2)5-10-18(19)21/h6-9,14,17,20H,3-5,10-13H2,1-2H3. The van der Waals surface area contributed by atoms with Gasteiger partial charge in [0.25, 0.3) is 0 Å². The van der Waals surface area contributed by atoms with Crippen LogP contribution in [0, 0.1) is 5.92 Å². The molecule has 1 fully saturated rings. The van der Waals surface area contributed by atoms with Crippen LogP contribution >= 0.6 is 0 Å². The summed E-state index contributed by atoms with van der Waals surface area (Å²) in [6, 6.07) is 8.13. The van der Waals surface area contributed by atoms with Gasteiger partial charge in [0.05, 0.1) is 12.6 Å². The predicted octanol–water partition coefficient (Wildman–Crippen LogP) is 3.32. The summed E-state index contributed by atoms with van der Waals surface area (Å²) in [5, 5.41) is 10.4. The van der Waals surface area contributed by atoms with Crippen molar-refractivity contribution in [3.8, 4) is 0 Å². The molecule has 1 saturated heterocycles. The third kappa shape index (κ3) is 4.57. The first-order valence-corrected chi connectivity index (χ1v) is 8.14. The van der Waals surface area contributed by atoms with Gasteiger partial charge in [0, 0.05) is 13.0 Å². The van der Waals surface area contributed by atoms with Gasteiger partial charge in [-0.2, -0.15) is 0 Å². The highest BCUT2D eigenvalue weighted by molar-refractivity contribution is 5.76. The van der Waals surface area contributed by atoms with Gasteiger partial charge in [-0.1, -0.05) is 44.5 Å². The summed E-state index contributed by atoms with van der Waals surface area (Å²) in [5.74, 6) is 0.783. The van der Waals surface area contributed by atoms with Gasteiger partial charge in [0.15, 0.2) is 0 Å². The van der Waals surface area contributed by atoms with Crippen molar-refractivity contribution < 1.29 is 9.90 Å². The average Bonchev–Trinajstić information content (AvgIpc) is 2.64. The molecule has 2 unspecified atom stereocenters. The van der Waals surface area contributed by atoms with E-state index in [1.165, 1.54) is 5.56 Å². The molecule has 21 heavy (non-hydrogen) atoms. The maximum atomic E-state index is 12.1. The lowest BCUT2D eigenvalue weighted by Gasteiger charge is -2.24. The van der Waals surface area contributed by atoms with E-state index >= 15 is 0 Å². The first kappa shape index (κ1) is 16.0. The molecule has 2 atom stereocenters. The van der Waals surface area contributed by atoms with E-state index in [1.807, 2.05) is 17.0 Å². The molecule has 0 aliphatic carbocycles. The van der Waals surface area contributed by atoms with Gasteiger partial charge < -0.3 is 10.0 Å². The van der Waals surface area contributed by atoms with Crippen molar-refractivity contribution in [3.63, 3.8) is 0 Å². The number of aliphatic hydroxyl groups excluding tert-OH is 1. The topological polar surface area (TPSA) is 40.5 Å². The fourth-order valence-electron chi connectivity index (χ4n) is 2.88. The largest absolute Gasteiger partial charge is 0.387 e. The highest BCUT2D eigenvalue weighted by Gasteiger charge is 2.22. The third-order valence-electron chi connectivity index (χ3n) is 4.39. The van der Waals surface area contributed by atoms with Crippen LogP contribution in [0.5, 0.6) is 0 Å². The van der Waals surface area contributed by atoms with E-state index in [1.54, 1.807) is 0 Å². The maximum absolute atomic E-state index is 12.1. The number of amides is 1. The summed E-state index contributed by atoms with van der Waals surface area (Å²) in [6.07, 6.45) is 4.23. The number of carbonyl (C=O) groups excluding carboxylic acids is 1. The van der Waals surface area contributed by atoms with Gasteiger partial charge in [-0.05, 0) is 36.3 Å². The molecule has 116 valence electrons. The van der Waals surface area contributed by atoms with Crippen LogP contribution in [0.2, 0.25) is 0 Å². The molecule has 1 N–H and O–H groups in total. The second-order valence-electron chi connectivity index (χ2n) is 6.28. The highest BCUT2D eigenvalue weighted by Crippen LogP contribution is 2.21. The van der Waals surface area contributed by atoms with Crippen molar-refractivity contribution in [1.82, 2.24) is 4.90 Å². The summed E-state index contributed by atoms with van der Waals surface area (Å²) < 4.78 is 0. The Kier molecular flexibility index (Phi) is 5.80. The number of benzene rings is 1. The van der Waals surface area contributed by atoms with Crippen molar-refractivity contribution in [2.45, 2.75) is 52.1 Å². The molecule has 2 rings (SSSR count). The summed E-state index contributed by atoms with van der Waals surface area (Å²) in [7, 11) is 0. The normalized spacial score (nSPS) is 21.2. The SMILES string of the molecule is CCCc1ccc(C(O)CN2CCC(C)CCC2=O)cc1. The number of β-amino-alcohol motifs (C(OH)–C–C–N with tert-alkyl or cyclic N) is 1. The summed E-state index contributed by atoms with van der Waals surface area (Å²) in [6.45, 7) is 5.54. The van der Waals surface area contributed by atoms with Crippen LogP contribution < -0.4 is 0 Å². The van der Waals surface area contributed by atoms with E-state index in [-0.39, 0.29) is 5.91 Å². The van der Waals surface area contributed by atoms with Crippen molar-refractivity contribution in [3.05, 3.63) is 35.4 Å². The van der Waals surface area contributed by atoms with Gasteiger partial charge in [-0.25, -0.2) is 0 Å². The third-order valence-corrected chi connectivity index (χ3v) is 4.39. The monoisotopic (exact) mass is 289 g/mol. The van der Waals surface area contributed by atoms with Crippen LogP contribution in [0.25, 0.3) is 0 Å². The molecule has 1 aromatic rings. The fourth-order valence-corrected chi connectivity index (χ4v) is 2.88. The Hall–Kier alpha value is -1.35. The minimum Gasteiger partial charge on any atom is -0.387 e. The Bertz CT molecular complexity index is 455. The van der Waals surface area contributed by atoms with Crippen molar-refractivity contribution in [2.75, 3.05) is 13.1 Å². The quantitative estimate of drug-likeness (QED) is 0.903. The van der Waals surface area contributed by atoms with Crippen LogP contribution in [0.3, 0.4) is 0 Å². The predicted molar refractivity (Wildman–Crippen MR) is 85.0 cm³/mol. The zero-order valence-electron chi connectivity index (χ0n) is 13.2. The Morgan fingerprint density at radius 3 is 2.67 bits per heavy atom. The molecule has 0 spiro atoms. The van der Waals surface area contributed by atoms with Crippen LogP contribution in [0.4, 0.5) is 0 Å². The fraction of sp³-hybridized carbons (Fsp3) is 0.611. The number of hydrogen-bond acceptors (Lipinski definition) is 2. The minimum absolute atomic E-state index is 0.181. The van der Waals surface area contributed by atoms with Crippen molar-refractivity contribution >= 4 is 5.91 Å². The molecule has 0 saturated carbocycles. The summed E-state index contributed by atoms with van der Waals surface area (Å²) in [4.78, 5) is 13.9. The number of hydrogen-bond donors (Lipinski definition) is 1. The van der Waals surface area contributed by atoms with Crippen LogP contribution in [0.15, 0.2) is 24.3 Å². The Labute approximate surface area is 128 Å². The van der Waals surface area contributed by atoms with E-state index in [2.05, 4.69) is 26.0 Å². The first-order valence-electron chi connectivity index (χ1n) is 8.14. The lowest BCUT2D eigenvalue weighted by Crippen LogP contribution is -2.34. The molecule has 1 aromatic carbocycles. The van der Waals surface area contributed by atoms with Gasteiger partial charge >= 0.3 is 0 Å². The zero-order chi connectivity index (χ0) is 15.2. The van der Waals surface area contributed by atoms with Gasteiger partial charge in [0.1, 0.15) is 0 Å². The van der Waals surface area contributed by atoms with E-state index < -0.39 is 6.10 Å². The molecule has 3 heteroatoms. The molecular weight excluding hydrogens is 262 g/mol. The smallest absolute Gasteiger partial charge is 0.222 e. The van der Waals surface area contributed by atoms with Crippen molar-refractivity contribution in [2.24, 2.45) is 5.92 Å². The molecule has 0 radical (unpaired) electrons. The molecule has 1 aliphatic rings. The molecular formula is C18H27NO2. The zero-order valence-corrected chi connectivity index (χ0v) is 13.2. The van der Waals surface area contributed by atoms with E-state index in [0.717, 1.165) is 37.8 Å².